The second-order valence-corrected chi connectivity index (χ2v) is 11.7. The molecular weight excluding hydrogens is 439 g/mol. The SMILES string of the molecule is Cc1cc(C(C)(C)C)cc(C)c1C(=O)[P+](=O)c1c(C)c(C)c(C)c(C(=O)c2ccccc2)c1C. The van der Waals surface area contributed by atoms with E-state index in [4.69, 9.17) is 0 Å². The van der Waals surface area contributed by atoms with Gasteiger partial charge in [0.15, 0.2) is 5.78 Å². The van der Waals surface area contributed by atoms with Gasteiger partial charge in [0.25, 0.3) is 0 Å². The monoisotopic (exact) mass is 473 g/mol. The van der Waals surface area contributed by atoms with Gasteiger partial charge >= 0.3 is 13.3 Å². The fourth-order valence-corrected chi connectivity index (χ4v) is 6.29. The van der Waals surface area contributed by atoms with Crippen molar-refractivity contribution in [3.8, 4) is 0 Å². The largest absolute Gasteiger partial charge is 0.459 e. The minimum absolute atomic E-state index is 0.0484. The van der Waals surface area contributed by atoms with Gasteiger partial charge in [0.1, 0.15) is 0 Å². The molecule has 0 aromatic heterocycles. The zero-order chi connectivity index (χ0) is 25.5. The molecule has 0 spiro atoms. The van der Waals surface area contributed by atoms with E-state index in [1.165, 1.54) is 0 Å². The summed E-state index contributed by atoms with van der Waals surface area (Å²) >= 11 is 0. The standard InChI is InChI=1S/C30H34O3P/c1-17-15-24(30(7,8)9)16-18(2)25(17)29(32)34(33)28-21(5)19(3)20(4)26(22(28)6)27(31)23-13-11-10-12-14-23/h10-16H,1-9H3/q+1. The molecule has 0 fully saturated rings. The first kappa shape index (κ1) is 25.7. The molecule has 1 atom stereocenters. The van der Waals surface area contributed by atoms with E-state index < -0.39 is 7.80 Å². The van der Waals surface area contributed by atoms with Crippen LogP contribution in [0.3, 0.4) is 0 Å². The smallest absolute Gasteiger partial charge is 0.289 e. The first-order chi connectivity index (χ1) is 15.8. The van der Waals surface area contributed by atoms with E-state index in [1.807, 2.05) is 71.9 Å². The van der Waals surface area contributed by atoms with Gasteiger partial charge in [-0.15, -0.1) is 0 Å². The third-order valence-corrected chi connectivity index (χ3v) is 8.52. The molecule has 0 aliphatic carbocycles. The van der Waals surface area contributed by atoms with Crippen molar-refractivity contribution in [1.82, 2.24) is 0 Å². The van der Waals surface area contributed by atoms with Crippen LogP contribution in [0.15, 0.2) is 42.5 Å². The molecule has 3 aromatic carbocycles. The van der Waals surface area contributed by atoms with Gasteiger partial charge in [-0.3, -0.25) is 4.79 Å². The highest BCUT2D eigenvalue weighted by Gasteiger charge is 2.40. The first-order valence-electron chi connectivity index (χ1n) is 11.6. The molecule has 0 aliphatic heterocycles. The summed E-state index contributed by atoms with van der Waals surface area (Å²) < 4.78 is 13.8. The van der Waals surface area contributed by atoms with E-state index in [0.29, 0.717) is 27.6 Å². The summed E-state index contributed by atoms with van der Waals surface area (Å²) in [5, 5.41) is 0.487. The molecule has 3 aromatic rings. The molecule has 34 heavy (non-hydrogen) atoms. The Kier molecular flexibility index (Phi) is 7.10. The van der Waals surface area contributed by atoms with Crippen molar-refractivity contribution < 1.29 is 14.2 Å². The Balaban J connectivity index is 2.18. The summed E-state index contributed by atoms with van der Waals surface area (Å²) in [7, 11) is -2.40. The second-order valence-electron chi connectivity index (χ2n) is 10.3. The number of benzene rings is 3. The Morgan fingerprint density at radius 2 is 1.24 bits per heavy atom. The summed E-state index contributed by atoms with van der Waals surface area (Å²) in [6, 6.07) is 13.1. The minimum atomic E-state index is -2.40. The summed E-state index contributed by atoms with van der Waals surface area (Å²) in [4.78, 5) is 27.1. The van der Waals surface area contributed by atoms with E-state index in [1.54, 1.807) is 12.1 Å². The number of rotatable bonds is 5. The number of carbonyl (C=O) groups excluding carboxylic acids is 2. The van der Waals surface area contributed by atoms with Gasteiger partial charge in [-0.25, -0.2) is 4.79 Å². The highest BCUT2D eigenvalue weighted by Crippen LogP contribution is 2.37. The van der Waals surface area contributed by atoms with Crippen LogP contribution in [0.2, 0.25) is 0 Å². The maximum atomic E-state index is 13.8. The van der Waals surface area contributed by atoms with Crippen LogP contribution in [0.4, 0.5) is 0 Å². The van der Waals surface area contributed by atoms with Gasteiger partial charge in [-0.1, -0.05) is 67.8 Å². The number of aryl methyl sites for hydroxylation is 2. The lowest BCUT2D eigenvalue weighted by Crippen LogP contribution is -2.21. The van der Waals surface area contributed by atoms with Crippen molar-refractivity contribution in [1.29, 1.82) is 0 Å². The van der Waals surface area contributed by atoms with Crippen molar-refractivity contribution in [3.63, 3.8) is 0 Å². The summed E-state index contributed by atoms with van der Waals surface area (Å²) in [6.07, 6.45) is 0. The van der Waals surface area contributed by atoms with E-state index in [9.17, 15) is 14.2 Å². The van der Waals surface area contributed by atoms with Crippen molar-refractivity contribution in [2.75, 3.05) is 0 Å². The molecule has 0 heterocycles. The second kappa shape index (κ2) is 9.39. The number of hydrogen-bond acceptors (Lipinski definition) is 3. The molecule has 1 unspecified atom stereocenters. The molecule has 176 valence electrons. The molecule has 3 rings (SSSR count). The first-order valence-corrected chi connectivity index (χ1v) is 12.9. The van der Waals surface area contributed by atoms with Crippen LogP contribution in [0, 0.1) is 41.5 Å². The zero-order valence-corrected chi connectivity index (χ0v) is 22.6. The van der Waals surface area contributed by atoms with E-state index in [0.717, 1.165) is 33.4 Å². The third-order valence-electron chi connectivity index (χ3n) is 6.85. The van der Waals surface area contributed by atoms with Gasteiger partial charge in [0, 0.05) is 22.3 Å². The van der Waals surface area contributed by atoms with Gasteiger partial charge in [0.05, 0.1) is 5.56 Å². The third kappa shape index (κ3) is 4.55. The molecule has 0 amide bonds. The fourth-order valence-electron chi connectivity index (χ4n) is 4.64. The van der Waals surface area contributed by atoms with Crippen molar-refractivity contribution in [2.24, 2.45) is 0 Å². The van der Waals surface area contributed by atoms with Gasteiger partial charge in [-0.05, 0) is 74.8 Å². The number of ketones is 1. The van der Waals surface area contributed by atoms with Crippen LogP contribution in [-0.4, -0.2) is 11.3 Å². The summed E-state index contributed by atoms with van der Waals surface area (Å²) in [5.74, 6) is -0.113. The molecular formula is C30H34O3P+. The predicted octanol–water partition coefficient (Wildman–Crippen LogP) is 7.36. The van der Waals surface area contributed by atoms with Crippen molar-refractivity contribution >= 4 is 24.4 Å². The lowest BCUT2D eigenvalue weighted by Gasteiger charge is -2.21. The molecule has 0 aliphatic rings. The molecule has 0 radical (unpaired) electrons. The molecule has 0 saturated carbocycles. The average Bonchev–Trinajstić information content (AvgIpc) is 2.77. The Bertz CT molecular complexity index is 1300. The molecule has 3 nitrogen and oxygen atoms in total. The van der Waals surface area contributed by atoms with Crippen LogP contribution in [0.25, 0.3) is 0 Å². The maximum Gasteiger partial charge on any atom is 0.459 e. The van der Waals surface area contributed by atoms with E-state index in [-0.39, 0.29) is 16.7 Å². The zero-order valence-electron chi connectivity index (χ0n) is 21.7. The minimum Gasteiger partial charge on any atom is -0.289 e. The van der Waals surface area contributed by atoms with Gasteiger partial charge in [-0.2, -0.15) is 0 Å². The number of carbonyl (C=O) groups is 2. The van der Waals surface area contributed by atoms with Gasteiger partial charge in [0.2, 0.25) is 5.30 Å². The Hall–Kier alpha value is -2.90. The summed E-state index contributed by atoms with van der Waals surface area (Å²) in [6.45, 7) is 17.8. The predicted molar refractivity (Wildman–Crippen MR) is 141 cm³/mol. The Labute approximate surface area is 204 Å². The van der Waals surface area contributed by atoms with E-state index in [2.05, 4.69) is 20.8 Å². The quantitative estimate of drug-likeness (QED) is 0.287. The Morgan fingerprint density at radius 1 is 0.706 bits per heavy atom. The van der Waals surface area contributed by atoms with E-state index >= 15 is 0 Å². The lowest BCUT2D eigenvalue weighted by molar-refractivity contribution is 0.103. The van der Waals surface area contributed by atoms with Crippen LogP contribution < -0.4 is 5.30 Å². The van der Waals surface area contributed by atoms with Crippen LogP contribution >= 0.6 is 7.80 Å². The van der Waals surface area contributed by atoms with Crippen molar-refractivity contribution in [3.05, 3.63) is 98.1 Å². The van der Waals surface area contributed by atoms with Crippen LogP contribution in [0.5, 0.6) is 0 Å². The number of hydrogen-bond donors (Lipinski definition) is 0. The van der Waals surface area contributed by atoms with Gasteiger partial charge < -0.3 is 0 Å². The maximum absolute atomic E-state index is 13.8. The molecule has 0 saturated heterocycles. The van der Waals surface area contributed by atoms with Crippen molar-refractivity contribution in [2.45, 2.75) is 67.7 Å². The summed E-state index contributed by atoms with van der Waals surface area (Å²) in [5.41, 5.74) is 7.22. The average molecular weight is 474 g/mol. The lowest BCUT2D eigenvalue weighted by atomic mass is 9.84. The highest BCUT2D eigenvalue weighted by atomic mass is 31.1. The Morgan fingerprint density at radius 3 is 1.74 bits per heavy atom. The molecule has 0 N–H and O–H groups in total. The molecule has 0 bridgehead atoms. The molecule has 4 heteroatoms. The topological polar surface area (TPSA) is 51.2 Å². The highest BCUT2D eigenvalue weighted by molar-refractivity contribution is 7.71. The fraction of sp³-hybridized carbons (Fsp3) is 0.333. The van der Waals surface area contributed by atoms with Crippen LogP contribution in [0.1, 0.15) is 86.0 Å². The normalized spacial score (nSPS) is 12.0. The van der Waals surface area contributed by atoms with Crippen LogP contribution in [-0.2, 0) is 9.98 Å².